The predicted octanol–water partition coefficient (Wildman–Crippen LogP) is 4.12. The number of nitrogens with one attached hydrogen (secondary N) is 2. The molecule has 1 atom stereocenters. The average molecular weight is 359 g/mol. The van der Waals surface area contributed by atoms with E-state index in [-0.39, 0.29) is 5.82 Å². The minimum Gasteiger partial charge on any atom is -0.336 e. The number of benzene rings is 2. The van der Waals surface area contributed by atoms with Crippen LogP contribution >= 0.6 is 11.6 Å². The van der Waals surface area contributed by atoms with Gasteiger partial charge in [0.05, 0.1) is 10.7 Å². The number of hydrogen-bond acceptors (Lipinski definition) is 2. The van der Waals surface area contributed by atoms with E-state index in [2.05, 4.69) is 15.6 Å². The van der Waals surface area contributed by atoms with Crippen molar-refractivity contribution in [2.45, 2.75) is 6.04 Å². The van der Waals surface area contributed by atoms with Gasteiger partial charge in [0.25, 0.3) is 0 Å². The number of halogens is 2. The lowest BCUT2D eigenvalue weighted by atomic mass is 10.1. The van der Waals surface area contributed by atoms with Crippen LogP contribution in [-0.4, -0.2) is 15.6 Å². The molecule has 2 amide bonds. The van der Waals surface area contributed by atoms with Crippen LogP contribution in [0.25, 0.3) is 0 Å². The van der Waals surface area contributed by atoms with Crippen molar-refractivity contribution in [3.63, 3.8) is 0 Å². The number of hydrogen-bond donors (Lipinski definition) is 2. The van der Waals surface area contributed by atoms with Gasteiger partial charge in [0.1, 0.15) is 17.7 Å². The number of amides is 2. The van der Waals surface area contributed by atoms with Gasteiger partial charge in [-0.25, -0.2) is 14.2 Å². The molecule has 25 heavy (non-hydrogen) atoms. The maximum atomic E-state index is 13.2. The largest absolute Gasteiger partial charge is 0.336 e. The van der Waals surface area contributed by atoms with Crippen molar-refractivity contribution >= 4 is 23.3 Å². The molecular weight excluding hydrogens is 343 g/mol. The Bertz CT molecular complexity index is 879. The van der Waals surface area contributed by atoms with Gasteiger partial charge in [-0.15, -0.1) is 0 Å². The zero-order valence-corrected chi connectivity index (χ0v) is 14.2. The summed E-state index contributed by atoms with van der Waals surface area (Å²) in [5, 5.41) is 6.01. The molecule has 1 aromatic heterocycles. The van der Waals surface area contributed by atoms with Gasteiger partial charge in [-0.2, -0.15) is 0 Å². The number of imidazole rings is 1. The molecule has 128 valence electrons. The fourth-order valence-corrected chi connectivity index (χ4v) is 2.64. The fraction of sp³-hybridized carbons (Fsp3) is 0.111. The number of para-hydroxylation sites is 1. The van der Waals surface area contributed by atoms with Crippen molar-refractivity contribution in [2.75, 3.05) is 5.32 Å². The van der Waals surface area contributed by atoms with E-state index in [9.17, 15) is 9.18 Å². The van der Waals surface area contributed by atoms with Crippen LogP contribution in [0.2, 0.25) is 5.02 Å². The lowest BCUT2D eigenvalue weighted by Crippen LogP contribution is -2.34. The Morgan fingerprint density at radius 1 is 1.20 bits per heavy atom. The number of carbonyl (C=O) groups excluding carboxylic acids is 1. The van der Waals surface area contributed by atoms with E-state index in [0.717, 1.165) is 0 Å². The molecule has 2 N–H and O–H groups in total. The molecule has 0 aliphatic heterocycles. The second-order valence-corrected chi connectivity index (χ2v) is 5.87. The van der Waals surface area contributed by atoms with Crippen molar-refractivity contribution < 1.29 is 9.18 Å². The minimum absolute atomic E-state index is 0.345. The van der Waals surface area contributed by atoms with Gasteiger partial charge in [0, 0.05) is 19.4 Å². The third kappa shape index (κ3) is 3.97. The zero-order valence-electron chi connectivity index (χ0n) is 13.4. The van der Waals surface area contributed by atoms with E-state index in [1.54, 1.807) is 53.4 Å². The molecule has 1 unspecified atom stereocenters. The monoisotopic (exact) mass is 358 g/mol. The Balaban J connectivity index is 1.85. The molecule has 0 aliphatic rings. The molecule has 0 saturated heterocycles. The first-order chi connectivity index (χ1) is 12.0. The molecule has 0 aliphatic carbocycles. The Labute approximate surface area is 149 Å². The molecular formula is C18H16ClFN4O. The first-order valence-electron chi connectivity index (χ1n) is 7.59. The summed E-state index contributed by atoms with van der Waals surface area (Å²) in [5.41, 5.74) is 1.21. The molecule has 7 heteroatoms. The van der Waals surface area contributed by atoms with Crippen molar-refractivity contribution in [3.8, 4) is 0 Å². The highest BCUT2D eigenvalue weighted by Crippen LogP contribution is 2.23. The van der Waals surface area contributed by atoms with Crippen LogP contribution in [0, 0.1) is 5.82 Å². The highest BCUT2D eigenvalue weighted by molar-refractivity contribution is 6.33. The molecule has 0 spiro atoms. The summed E-state index contributed by atoms with van der Waals surface area (Å²) in [5.74, 6) is 0.281. The number of anilines is 1. The van der Waals surface area contributed by atoms with E-state index in [1.807, 2.05) is 7.05 Å². The van der Waals surface area contributed by atoms with E-state index >= 15 is 0 Å². The van der Waals surface area contributed by atoms with Crippen molar-refractivity contribution in [2.24, 2.45) is 7.05 Å². The lowest BCUT2D eigenvalue weighted by Gasteiger charge is -2.20. The molecule has 5 nitrogen and oxygen atoms in total. The standard InChI is InChI=1S/C18H16ClFN4O/c1-24-11-10-21-17(24)16(12-6-8-13(20)9-7-12)23-18(25)22-15-5-3-2-4-14(15)19/h2-11,16H,1H3,(H2,22,23,25). The van der Waals surface area contributed by atoms with Gasteiger partial charge in [-0.1, -0.05) is 35.9 Å². The van der Waals surface area contributed by atoms with Crippen LogP contribution in [0.4, 0.5) is 14.9 Å². The highest BCUT2D eigenvalue weighted by Gasteiger charge is 2.21. The Hall–Kier alpha value is -2.86. The summed E-state index contributed by atoms with van der Waals surface area (Å²) < 4.78 is 15.0. The number of carbonyl (C=O) groups is 1. The molecule has 0 saturated carbocycles. The maximum absolute atomic E-state index is 13.2. The van der Waals surface area contributed by atoms with Crippen LogP contribution in [-0.2, 0) is 7.05 Å². The van der Waals surface area contributed by atoms with Crippen LogP contribution in [0.3, 0.4) is 0 Å². The number of rotatable bonds is 4. The van der Waals surface area contributed by atoms with Crippen LogP contribution in [0.5, 0.6) is 0 Å². The quantitative estimate of drug-likeness (QED) is 0.737. The van der Waals surface area contributed by atoms with Gasteiger partial charge >= 0.3 is 6.03 Å². The first-order valence-corrected chi connectivity index (χ1v) is 7.97. The summed E-state index contributed by atoms with van der Waals surface area (Å²) in [4.78, 5) is 16.7. The van der Waals surface area contributed by atoms with Crippen molar-refractivity contribution in [1.29, 1.82) is 0 Å². The van der Waals surface area contributed by atoms with Gasteiger partial charge in [0.15, 0.2) is 0 Å². The van der Waals surface area contributed by atoms with Crippen LogP contribution < -0.4 is 10.6 Å². The SMILES string of the molecule is Cn1ccnc1C(NC(=O)Nc1ccccc1Cl)c1ccc(F)cc1. The second kappa shape index (κ2) is 7.36. The van der Waals surface area contributed by atoms with Crippen LogP contribution in [0.1, 0.15) is 17.4 Å². The number of nitrogens with zero attached hydrogens (tertiary/aromatic N) is 2. The van der Waals surface area contributed by atoms with Gasteiger partial charge < -0.3 is 15.2 Å². The predicted molar refractivity (Wildman–Crippen MR) is 95.1 cm³/mol. The highest BCUT2D eigenvalue weighted by atomic mass is 35.5. The Morgan fingerprint density at radius 2 is 1.92 bits per heavy atom. The summed E-state index contributed by atoms with van der Waals surface area (Å²) in [6.45, 7) is 0. The second-order valence-electron chi connectivity index (χ2n) is 5.46. The summed E-state index contributed by atoms with van der Waals surface area (Å²) in [6.07, 6.45) is 3.42. The lowest BCUT2D eigenvalue weighted by molar-refractivity contribution is 0.249. The maximum Gasteiger partial charge on any atom is 0.320 e. The van der Waals surface area contributed by atoms with E-state index in [4.69, 9.17) is 11.6 Å². The molecule has 0 fully saturated rings. The van der Waals surface area contributed by atoms with Gasteiger partial charge in [-0.3, -0.25) is 0 Å². The topological polar surface area (TPSA) is 59.0 Å². The molecule has 0 radical (unpaired) electrons. The molecule has 3 aromatic rings. The van der Waals surface area contributed by atoms with Gasteiger partial charge in [0.2, 0.25) is 0 Å². The Kier molecular flexibility index (Phi) is 5.00. The van der Waals surface area contributed by atoms with Crippen molar-refractivity contribution in [1.82, 2.24) is 14.9 Å². The van der Waals surface area contributed by atoms with Crippen molar-refractivity contribution in [3.05, 3.63) is 83.2 Å². The summed E-state index contributed by atoms with van der Waals surface area (Å²) in [7, 11) is 1.83. The third-order valence-electron chi connectivity index (χ3n) is 3.72. The van der Waals surface area contributed by atoms with E-state index in [0.29, 0.717) is 22.1 Å². The smallest absolute Gasteiger partial charge is 0.320 e. The average Bonchev–Trinajstić information content (AvgIpc) is 3.01. The minimum atomic E-state index is -0.539. The third-order valence-corrected chi connectivity index (χ3v) is 4.05. The van der Waals surface area contributed by atoms with Gasteiger partial charge in [-0.05, 0) is 29.8 Å². The number of aromatic nitrogens is 2. The van der Waals surface area contributed by atoms with Crippen LogP contribution in [0.15, 0.2) is 60.9 Å². The van der Waals surface area contributed by atoms with E-state index in [1.165, 1.54) is 12.1 Å². The molecule has 0 bridgehead atoms. The molecule has 1 heterocycles. The normalized spacial score (nSPS) is 11.8. The summed E-state index contributed by atoms with van der Waals surface area (Å²) >= 11 is 6.06. The molecule has 3 rings (SSSR count). The zero-order chi connectivity index (χ0) is 17.8. The Morgan fingerprint density at radius 3 is 2.56 bits per heavy atom. The molecule has 2 aromatic carbocycles. The number of aryl methyl sites for hydroxylation is 1. The van der Waals surface area contributed by atoms with E-state index < -0.39 is 12.1 Å². The summed E-state index contributed by atoms with van der Waals surface area (Å²) in [6, 6.07) is 11.9. The number of urea groups is 1. The first kappa shape index (κ1) is 17.0. The fourth-order valence-electron chi connectivity index (χ4n) is 2.46.